The molecule has 0 saturated heterocycles. The molecular formula is C12H14N4O3. The van der Waals surface area contributed by atoms with E-state index in [4.69, 9.17) is 15.0 Å². The Morgan fingerprint density at radius 1 is 1.53 bits per heavy atom. The molecule has 0 fully saturated rings. The number of aryl methyl sites for hydroxylation is 1. The summed E-state index contributed by atoms with van der Waals surface area (Å²) in [5.74, 6) is 0.625. The molecule has 1 aromatic heterocycles. The zero-order valence-electron chi connectivity index (χ0n) is 10.4. The summed E-state index contributed by atoms with van der Waals surface area (Å²) in [5.41, 5.74) is 6.24. The Balaban J connectivity index is 1.74. The Labute approximate surface area is 109 Å². The summed E-state index contributed by atoms with van der Waals surface area (Å²) in [6, 6.07) is 7.07. The average Bonchev–Trinajstić information content (AvgIpc) is 2.81. The molecule has 2 aromatic rings. The normalized spacial score (nSPS) is 10.2. The molecule has 0 bridgehead atoms. The molecule has 1 heterocycles. The van der Waals surface area contributed by atoms with Gasteiger partial charge in [0, 0.05) is 18.7 Å². The van der Waals surface area contributed by atoms with Crippen LogP contribution in [0.3, 0.4) is 0 Å². The topological polar surface area (TPSA) is 103 Å². The third-order valence-electron chi connectivity index (χ3n) is 2.25. The number of rotatable bonds is 5. The number of aromatic nitrogens is 2. The van der Waals surface area contributed by atoms with Crippen LogP contribution in [0.4, 0.5) is 5.69 Å². The second-order valence-electron chi connectivity index (χ2n) is 3.81. The Morgan fingerprint density at radius 3 is 3.05 bits per heavy atom. The first-order chi connectivity index (χ1) is 9.15. The number of ether oxygens (including phenoxy) is 1. The predicted molar refractivity (Wildman–Crippen MR) is 67.7 cm³/mol. The predicted octanol–water partition coefficient (Wildman–Crippen LogP) is 0.769. The van der Waals surface area contributed by atoms with Crippen LogP contribution in [0.5, 0.6) is 5.75 Å². The Bertz CT molecular complexity index is 568. The zero-order chi connectivity index (χ0) is 13.7. The van der Waals surface area contributed by atoms with E-state index in [-0.39, 0.29) is 5.82 Å². The summed E-state index contributed by atoms with van der Waals surface area (Å²) in [6.07, 6.45) is 0. The first-order valence-electron chi connectivity index (χ1n) is 5.72. The summed E-state index contributed by atoms with van der Waals surface area (Å²) >= 11 is 0. The summed E-state index contributed by atoms with van der Waals surface area (Å²) in [4.78, 5) is 15.4. The maximum Gasteiger partial charge on any atom is 0.292 e. The third kappa shape index (κ3) is 3.70. The molecule has 7 nitrogen and oxygen atoms in total. The molecule has 100 valence electrons. The molecule has 2 rings (SSSR count). The number of nitrogens with one attached hydrogen (secondary N) is 1. The fourth-order valence-electron chi connectivity index (χ4n) is 1.41. The van der Waals surface area contributed by atoms with Gasteiger partial charge in [-0.25, -0.2) is 0 Å². The van der Waals surface area contributed by atoms with E-state index < -0.39 is 5.91 Å². The molecule has 0 spiro atoms. The van der Waals surface area contributed by atoms with Crippen molar-refractivity contribution in [3.63, 3.8) is 0 Å². The lowest BCUT2D eigenvalue weighted by molar-refractivity contribution is 0.0933. The van der Waals surface area contributed by atoms with Crippen LogP contribution in [0.15, 0.2) is 28.8 Å². The molecule has 0 saturated carbocycles. The maximum atomic E-state index is 11.6. The van der Waals surface area contributed by atoms with Crippen molar-refractivity contribution in [2.24, 2.45) is 0 Å². The van der Waals surface area contributed by atoms with Gasteiger partial charge < -0.3 is 20.3 Å². The quantitative estimate of drug-likeness (QED) is 0.609. The fraction of sp³-hybridized carbons (Fsp3) is 0.250. The Hall–Kier alpha value is -2.57. The fourth-order valence-corrected chi connectivity index (χ4v) is 1.41. The van der Waals surface area contributed by atoms with Gasteiger partial charge in [0.1, 0.15) is 12.4 Å². The molecule has 1 aromatic carbocycles. The van der Waals surface area contributed by atoms with Gasteiger partial charge >= 0.3 is 0 Å². The zero-order valence-corrected chi connectivity index (χ0v) is 10.4. The summed E-state index contributed by atoms with van der Waals surface area (Å²) in [6.45, 7) is 2.28. The van der Waals surface area contributed by atoms with Crippen LogP contribution < -0.4 is 15.8 Å². The highest BCUT2D eigenvalue weighted by Crippen LogP contribution is 2.13. The van der Waals surface area contributed by atoms with E-state index in [1.165, 1.54) is 0 Å². The summed E-state index contributed by atoms with van der Waals surface area (Å²) in [7, 11) is 0. The number of carbonyl (C=O) groups is 1. The molecule has 0 atom stereocenters. The van der Waals surface area contributed by atoms with Gasteiger partial charge in [0.25, 0.3) is 11.7 Å². The van der Waals surface area contributed by atoms with Crippen molar-refractivity contribution in [3.8, 4) is 5.75 Å². The molecule has 0 unspecified atom stereocenters. The second-order valence-corrected chi connectivity index (χ2v) is 3.81. The first kappa shape index (κ1) is 12.9. The minimum atomic E-state index is -0.395. The van der Waals surface area contributed by atoms with Crippen molar-refractivity contribution in [2.45, 2.75) is 6.92 Å². The van der Waals surface area contributed by atoms with Crippen LogP contribution in [0.2, 0.25) is 0 Å². The molecule has 0 aliphatic carbocycles. The van der Waals surface area contributed by atoms with Gasteiger partial charge in [-0.1, -0.05) is 11.2 Å². The highest BCUT2D eigenvalue weighted by molar-refractivity contribution is 5.90. The number of nitrogens with two attached hydrogens (primary N) is 1. The number of hydrogen-bond donors (Lipinski definition) is 2. The van der Waals surface area contributed by atoms with Crippen LogP contribution in [0, 0.1) is 6.92 Å². The largest absolute Gasteiger partial charge is 0.492 e. The molecule has 0 aliphatic rings. The number of hydrogen-bond acceptors (Lipinski definition) is 6. The van der Waals surface area contributed by atoms with E-state index >= 15 is 0 Å². The number of anilines is 1. The van der Waals surface area contributed by atoms with Crippen LogP contribution >= 0.6 is 0 Å². The van der Waals surface area contributed by atoms with Crippen molar-refractivity contribution < 1.29 is 14.1 Å². The third-order valence-corrected chi connectivity index (χ3v) is 2.25. The minimum Gasteiger partial charge on any atom is -0.492 e. The Kier molecular flexibility index (Phi) is 3.97. The average molecular weight is 262 g/mol. The van der Waals surface area contributed by atoms with Gasteiger partial charge in [-0.15, -0.1) is 0 Å². The lowest BCUT2D eigenvalue weighted by Gasteiger charge is -2.06. The molecule has 0 aliphatic heterocycles. The Morgan fingerprint density at radius 2 is 2.37 bits per heavy atom. The van der Waals surface area contributed by atoms with Gasteiger partial charge in [-0.3, -0.25) is 4.79 Å². The molecule has 19 heavy (non-hydrogen) atoms. The maximum absolute atomic E-state index is 11.6. The number of benzene rings is 1. The number of nitrogen functional groups attached to an aromatic ring is 1. The number of nitrogens with zero attached hydrogens (tertiary/aromatic N) is 2. The van der Waals surface area contributed by atoms with Crippen LogP contribution in [0.25, 0.3) is 0 Å². The smallest absolute Gasteiger partial charge is 0.292 e. The van der Waals surface area contributed by atoms with E-state index in [0.29, 0.717) is 30.5 Å². The molecule has 7 heteroatoms. The van der Waals surface area contributed by atoms with E-state index in [1.807, 2.05) is 0 Å². The highest BCUT2D eigenvalue weighted by Gasteiger charge is 2.11. The van der Waals surface area contributed by atoms with Gasteiger partial charge in [0.2, 0.25) is 5.89 Å². The van der Waals surface area contributed by atoms with Crippen molar-refractivity contribution >= 4 is 11.6 Å². The van der Waals surface area contributed by atoms with Crippen LogP contribution in [0.1, 0.15) is 16.5 Å². The summed E-state index contributed by atoms with van der Waals surface area (Å²) in [5, 5.41) is 6.13. The highest BCUT2D eigenvalue weighted by atomic mass is 16.5. The molecule has 3 N–H and O–H groups in total. The standard InChI is InChI=1S/C12H14N4O3/c1-8-15-11(16-19-8)12(17)14-5-6-18-10-4-2-3-9(13)7-10/h2-4,7H,5-6,13H2,1H3,(H,14,17). The monoisotopic (exact) mass is 262 g/mol. The van der Waals surface area contributed by atoms with E-state index in [9.17, 15) is 4.79 Å². The first-order valence-corrected chi connectivity index (χ1v) is 5.72. The van der Waals surface area contributed by atoms with Gasteiger partial charge in [0.05, 0.1) is 6.54 Å². The number of carbonyl (C=O) groups excluding carboxylic acids is 1. The SMILES string of the molecule is Cc1nc(C(=O)NCCOc2cccc(N)c2)no1. The van der Waals surface area contributed by atoms with Gasteiger partial charge in [0.15, 0.2) is 0 Å². The lowest BCUT2D eigenvalue weighted by atomic mass is 10.3. The molecule has 1 amide bonds. The molecular weight excluding hydrogens is 248 g/mol. The van der Waals surface area contributed by atoms with E-state index in [2.05, 4.69) is 15.5 Å². The van der Waals surface area contributed by atoms with Crippen molar-refractivity contribution in [1.29, 1.82) is 0 Å². The van der Waals surface area contributed by atoms with Crippen molar-refractivity contribution in [3.05, 3.63) is 36.0 Å². The van der Waals surface area contributed by atoms with Crippen LogP contribution in [-0.2, 0) is 0 Å². The van der Waals surface area contributed by atoms with Gasteiger partial charge in [-0.05, 0) is 12.1 Å². The van der Waals surface area contributed by atoms with E-state index in [0.717, 1.165) is 0 Å². The van der Waals surface area contributed by atoms with Crippen molar-refractivity contribution in [2.75, 3.05) is 18.9 Å². The number of amides is 1. The summed E-state index contributed by atoms with van der Waals surface area (Å²) < 4.78 is 10.1. The van der Waals surface area contributed by atoms with Crippen LogP contribution in [-0.4, -0.2) is 29.2 Å². The molecule has 0 radical (unpaired) electrons. The lowest BCUT2D eigenvalue weighted by Crippen LogP contribution is -2.28. The van der Waals surface area contributed by atoms with Crippen molar-refractivity contribution in [1.82, 2.24) is 15.5 Å². The minimum absolute atomic E-state index is 0.0152. The second kappa shape index (κ2) is 5.85. The van der Waals surface area contributed by atoms with E-state index in [1.54, 1.807) is 31.2 Å². The van der Waals surface area contributed by atoms with Gasteiger partial charge in [-0.2, -0.15) is 4.98 Å².